The Labute approximate surface area is 147 Å². The lowest BCUT2D eigenvalue weighted by Crippen LogP contribution is -2.30. The van der Waals surface area contributed by atoms with Gasteiger partial charge in [-0.05, 0) is 35.8 Å². The first-order valence-corrected chi connectivity index (χ1v) is 7.97. The van der Waals surface area contributed by atoms with Crippen LogP contribution in [-0.4, -0.2) is 32.1 Å². The van der Waals surface area contributed by atoms with E-state index in [0.29, 0.717) is 13.0 Å². The van der Waals surface area contributed by atoms with Crippen molar-refractivity contribution in [3.63, 3.8) is 0 Å². The Morgan fingerprint density at radius 2 is 1.76 bits per heavy atom. The van der Waals surface area contributed by atoms with E-state index in [1.54, 1.807) is 13.2 Å². The van der Waals surface area contributed by atoms with Crippen molar-refractivity contribution < 1.29 is 19.1 Å². The summed E-state index contributed by atoms with van der Waals surface area (Å²) in [6.45, 7) is 0.184. The zero-order valence-corrected chi connectivity index (χ0v) is 14.1. The third kappa shape index (κ3) is 6.91. The number of hydrogen-bond donors (Lipinski definition) is 1. The predicted octanol–water partition coefficient (Wildman–Crippen LogP) is 2.61. The fourth-order valence-corrected chi connectivity index (χ4v) is 2.10. The highest BCUT2D eigenvalue weighted by Gasteiger charge is 2.04. The minimum Gasteiger partial charge on any atom is -0.497 e. The molecule has 2 aromatic rings. The summed E-state index contributed by atoms with van der Waals surface area (Å²) in [7, 11) is 1.62. The normalized spacial score (nSPS) is 10.4. The van der Waals surface area contributed by atoms with Crippen LogP contribution >= 0.6 is 0 Å². The van der Waals surface area contributed by atoms with Gasteiger partial charge in [-0.2, -0.15) is 0 Å². The highest BCUT2D eigenvalue weighted by molar-refractivity contribution is 5.89. The number of carbonyl (C=O) groups is 2. The van der Waals surface area contributed by atoms with Gasteiger partial charge in [-0.15, -0.1) is 0 Å². The molecule has 0 bridgehead atoms. The molecule has 2 aromatic carbocycles. The molecule has 0 heterocycles. The van der Waals surface area contributed by atoms with Gasteiger partial charge in [0.2, 0.25) is 0 Å². The Morgan fingerprint density at radius 1 is 1.04 bits per heavy atom. The summed E-state index contributed by atoms with van der Waals surface area (Å²) in [6.07, 6.45) is 3.64. The number of hydrogen-bond acceptors (Lipinski definition) is 4. The lowest BCUT2D eigenvalue weighted by molar-refractivity contribution is -0.143. The number of carbonyl (C=O) groups excluding carboxylic acids is 2. The Kier molecular flexibility index (Phi) is 7.25. The van der Waals surface area contributed by atoms with Crippen molar-refractivity contribution in [1.29, 1.82) is 0 Å². The average molecular weight is 339 g/mol. The highest BCUT2D eigenvalue weighted by Crippen LogP contribution is 2.11. The van der Waals surface area contributed by atoms with Gasteiger partial charge < -0.3 is 14.8 Å². The minimum atomic E-state index is -0.547. The van der Waals surface area contributed by atoms with Crippen LogP contribution in [0.1, 0.15) is 11.1 Å². The topological polar surface area (TPSA) is 64.6 Å². The monoisotopic (exact) mass is 339 g/mol. The van der Waals surface area contributed by atoms with Gasteiger partial charge in [-0.3, -0.25) is 4.79 Å². The molecule has 5 heteroatoms. The highest BCUT2D eigenvalue weighted by atomic mass is 16.5. The molecule has 0 aromatic heterocycles. The second kappa shape index (κ2) is 9.93. The summed E-state index contributed by atoms with van der Waals surface area (Å²) in [5, 5.41) is 2.72. The van der Waals surface area contributed by atoms with Crippen molar-refractivity contribution in [1.82, 2.24) is 5.32 Å². The van der Waals surface area contributed by atoms with Crippen LogP contribution < -0.4 is 10.1 Å². The molecule has 0 fully saturated rings. The summed E-state index contributed by atoms with van der Waals surface area (Å²) in [5.41, 5.74) is 1.98. The fraction of sp³-hybridized carbons (Fsp3) is 0.200. The fourth-order valence-electron chi connectivity index (χ4n) is 2.10. The number of nitrogens with one attached hydrogen (secondary N) is 1. The van der Waals surface area contributed by atoms with E-state index in [0.717, 1.165) is 16.9 Å². The van der Waals surface area contributed by atoms with Crippen molar-refractivity contribution >= 4 is 18.0 Å². The number of esters is 1. The zero-order chi connectivity index (χ0) is 17.9. The lowest BCUT2D eigenvalue weighted by atomic mass is 10.1. The number of ether oxygens (including phenoxy) is 2. The van der Waals surface area contributed by atoms with Gasteiger partial charge in [-0.25, -0.2) is 4.79 Å². The van der Waals surface area contributed by atoms with E-state index in [9.17, 15) is 9.59 Å². The first-order chi connectivity index (χ1) is 12.2. The van der Waals surface area contributed by atoms with Gasteiger partial charge in [0.1, 0.15) is 5.75 Å². The Balaban J connectivity index is 1.64. The largest absolute Gasteiger partial charge is 0.497 e. The molecule has 1 N–H and O–H groups in total. The third-order valence-electron chi connectivity index (χ3n) is 3.45. The van der Waals surface area contributed by atoms with E-state index in [-0.39, 0.29) is 12.5 Å². The van der Waals surface area contributed by atoms with Crippen LogP contribution in [0.15, 0.2) is 60.7 Å². The average Bonchev–Trinajstić information content (AvgIpc) is 2.66. The molecule has 0 unspecified atom stereocenters. The second-order valence-electron chi connectivity index (χ2n) is 5.30. The molecule has 2 rings (SSSR count). The van der Waals surface area contributed by atoms with Gasteiger partial charge >= 0.3 is 5.97 Å². The molecule has 130 valence electrons. The lowest BCUT2D eigenvalue weighted by Gasteiger charge is -2.06. The van der Waals surface area contributed by atoms with Gasteiger partial charge in [0.15, 0.2) is 6.61 Å². The Hall–Kier alpha value is -3.08. The standard InChI is InChI=1S/C20H21NO4/c1-24-18-10-7-17(8-11-18)13-14-21-19(22)15-25-20(23)12-9-16-5-3-2-4-6-16/h2-12H,13-15H2,1H3,(H,21,22)/b12-9+. The van der Waals surface area contributed by atoms with E-state index in [2.05, 4.69) is 5.32 Å². The molecular weight excluding hydrogens is 318 g/mol. The van der Waals surface area contributed by atoms with E-state index < -0.39 is 5.97 Å². The van der Waals surface area contributed by atoms with Gasteiger partial charge in [0, 0.05) is 12.6 Å². The van der Waals surface area contributed by atoms with E-state index >= 15 is 0 Å². The first-order valence-electron chi connectivity index (χ1n) is 7.97. The molecule has 1 amide bonds. The molecule has 0 aliphatic heterocycles. The molecule has 0 aliphatic carbocycles. The van der Waals surface area contributed by atoms with Crippen molar-refractivity contribution in [2.24, 2.45) is 0 Å². The predicted molar refractivity (Wildman–Crippen MR) is 96.1 cm³/mol. The molecule has 0 aliphatic rings. The Bertz CT molecular complexity index is 708. The third-order valence-corrected chi connectivity index (χ3v) is 3.45. The summed E-state index contributed by atoms with van der Waals surface area (Å²) in [4.78, 5) is 23.3. The van der Waals surface area contributed by atoms with Gasteiger partial charge in [0.25, 0.3) is 5.91 Å². The summed E-state index contributed by atoms with van der Waals surface area (Å²) in [6, 6.07) is 17.0. The number of rotatable bonds is 8. The molecule has 0 spiro atoms. The van der Waals surface area contributed by atoms with Crippen molar-refractivity contribution in [3.05, 3.63) is 71.8 Å². The second-order valence-corrected chi connectivity index (χ2v) is 5.30. The van der Waals surface area contributed by atoms with E-state index in [1.165, 1.54) is 6.08 Å². The van der Waals surface area contributed by atoms with Crippen LogP contribution in [0, 0.1) is 0 Å². The quantitative estimate of drug-likeness (QED) is 0.593. The molecule has 0 atom stereocenters. The SMILES string of the molecule is COc1ccc(CCNC(=O)COC(=O)/C=C/c2ccccc2)cc1. The molecular formula is C20H21NO4. The van der Waals surface area contributed by atoms with Crippen LogP contribution in [0.25, 0.3) is 6.08 Å². The zero-order valence-electron chi connectivity index (χ0n) is 14.1. The Morgan fingerprint density at radius 3 is 2.44 bits per heavy atom. The molecule has 0 saturated carbocycles. The molecule has 0 radical (unpaired) electrons. The van der Waals surface area contributed by atoms with E-state index in [1.807, 2.05) is 54.6 Å². The molecule has 0 saturated heterocycles. The number of benzene rings is 2. The maximum atomic E-state index is 11.7. The van der Waals surface area contributed by atoms with Crippen molar-refractivity contribution in [2.45, 2.75) is 6.42 Å². The van der Waals surface area contributed by atoms with Crippen LogP contribution in [0.5, 0.6) is 5.75 Å². The number of methoxy groups -OCH3 is 1. The van der Waals surface area contributed by atoms with Crippen LogP contribution in [-0.2, 0) is 20.7 Å². The molecule has 5 nitrogen and oxygen atoms in total. The smallest absolute Gasteiger partial charge is 0.331 e. The van der Waals surface area contributed by atoms with Gasteiger partial charge in [0.05, 0.1) is 7.11 Å². The minimum absolute atomic E-state index is 0.291. The van der Waals surface area contributed by atoms with Crippen LogP contribution in [0.3, 0.4) is 0 Å². The first kappa shape index (κ1) is 18.3. The number of amides is 1. The van der Waals surface area contributed by atoms with E-state index in [4.69, 9.17) is 9.47 Å². The van der Waals surface area contributed by atoms with Gasteiger partial charge in [-0.1, -0.05) is 42.5 Å². The van der Waals surface area contributed by atoms with Crippen LogP contribution in [0.2, 0.25) is 0 Å². The maximum absolute atomic E-state index is 11.7. The summed E-state index contributed by atoms with van der Waals surface area (Å²) >= 11 is 0. The summed E-state index contributed by atoms with van der Waals surface area (Å²) < 4.78 is 9.99. The van der Waals surface area contributed by atoms with Crippen molar-refractivity contribution in [3.8, 4) is 5.75 Å². The summed E-state index contributed by atoms with van der Waals surface area (Å²) in [5.74, 6) is -0.0765. The van der Waals surface area contributed by atoms with Crippen molar-refractivity contribution in [2.75, 3.05) is 20.3 Å². The molecule has 25 heavy (non-hydrogen) atoms. The van der Waals surface area contributed by atoms with Crippen LogP contribution in [0.4, 0.5) is 0 Å². The maximum Gasteiger partial charge on any atom is 0.331 e.